The summed E-state index contributed by atoms with van der Waals surface area (Å²) in [7, 11) is 0. The highest BCUT2D eigenvalue weighted by Gasteiger charge is 2.47. The molecule has 0 aromatic rings. The first-order valence-corrected chi connectivity index (χ1v) is 30.8. The summed E-state index contributed by atoms with van der Waals surface area (Å²) in [6, 6.07) is -1.05. The van der Waals surface area contributed by atoms with Gasteiger partial charge in [0, 0.05) is 6.42 Å². The lowest BCUT2D eigenvalue weighted by Crippen LogP contribution is -2.61. The smallest absolute Gasteiger partial charge is 0.306 e. The Bertz CT molecular complexity index is 1490. The van der Waals surface area contributed by atoms with Crippen LogP contribution in [0, 0.1) is 0 Å². The molecule has 6 N–H and O–H groups in total. The fourth-order valence-electron chi connectivity index (χ4n) is 9.30. The third-order valence-corrected chi connectivity index (χ3v) is 14.2. The summed E-state index contributed by atoms with van der Waals surface area (Å²) < 4.78 is 17.6. The Hall–Kier alpha value is -2.90. The van der Waals surface area contributed by atoms with E-state index in [1.807, 2.05) is 48.6 Å². The van der Waals surface area contributed by atoms with Crippen LogP contribution in [-0.2, 0) is 23.8 Å². The van der Waals surface area contributed by atoms with Gasteiger partial charge in [-0.15, -0.1) is 0 Å². The minimum Gasteiger partial charge on any atom is -0.454 e. The van der Waals surface area contributed by atoms with Crippen LogP contribution in [0.1, 0.15) is 258 Å². The molecule has 434 valence electrons. The van der Waals surface area contributed by atoms with E-state index in [0.717, 1.165) is 64.2 Å². The Kier molecular flexibility index (Phi) is 48.5. The predicted octanol–water partition coefficient (Wildman–Crippen LogP) is 14.4. The van der Waals surface area contributed by atoms with Crippen molar-refractivity contribution < 1.29 is 49.3 Å². The maximum absolute atomic E-state index is 13.3. The van der Waals surface area contributed by atoms with Crippen molar-refractivity contribution in [2.24, 2.45) is 0 Å². The number of esters is 1. The average molecular weight is 1060 g/mol. The molecule has 0 radical (unpaired) electrons. The fraction of sp³-hybridized carbons (Fsp3) is 0.781. The zero-order valence-corrected chi connectivity index (χ0v) is 47.9. The third-order valence-electron chi connectivity index (χ3n) is 14.2. The Labute approximate surface area is 458 Å². The molecular weight excluding hydrogens is 943 g/mol. The van der Waals surface area contributed by atoms with Gasteiger partial charge >= 0.3 is 5.97 Å². The molecule has 0 aliphatic carbocycles. The van der Waals surface area contributed by atoms with Gasteiger partial charge in [-0.2, -0.15) is 0 Å². The highest BCUT2D eigenvalue weighted by atomic mass is 16.7. The second kappa shape index (κ2) is 51.8. The monoisotopic (exact) mass is 1060 g/mol. The molecule has 0 saturated carbocycles. The van der Waals surface area contributed by atoms with Gasteiger partial charge < -0.3 is 45.1 Å². The summed E-state index contributed by atoms with van der Waals surface area (Å²) in [5, 5.41) is 56.8. The number of hydrogen-bond acceptors (Lipinski definition) is 10. The molecule has 11 nitrogen and oxygen atoms in total. The molecule has 1 aliphatic rings. The lowest BCUT2D eigenvalue weighted by Gasteiger charge is -2.41. The van der Waals surface area contributed by atoms with Gasteiger partial charge in [0.2, 0.25) is 5.91 Å². The van der Waals surface area contributed by atoms with Crippen LogP contribution in [0.15, 0.2) is 72.9 Å². The number of hydrogen-bond donors (Lipinski definition) is 6. The third kappa shape index (κ3) is 40.0. The minimum atomic E-state index is -1.62. The molecule has 75 heavy (non-hydrogen) atoms. The highest BCUT2D eigenvalue weighted by molar-refractivity contribution is 5.80. The summed E-state index contributed by atoms with van der Waals surface area (Å²) in [5.41, 5.74) is 0. The van der Waals surface area contributed by atoms with Gasteiger partial charge in [0.05, 0.1) is 25.4 Å². The SMILES string of the molecule is CC/C=C/C=C/C=C\C=C/CCCCC(O)C(=O)NC(COC1OC(CO)C(O)C(O)C1OC(=O)CCCCCCCCCCCCCCC/C=C/CCCCCCCC)C(O)/C=C/CCCCCCCCCCC. The quantitative estimate of drug-likeness (QED) is 0.0149. The van der Waals surface area contributed by atoms with Gasteiger partial charge in [-0.1, -0.05) is 254 Å². The van der Waals surface area contributed by atoms with E-state index in [1.165, 1.54) is 148 Å². The number of ether oxygens (including phenoxy) is 3. The molecule has 1 fully saturated rings. The highest BCUT2D eigenvalue weighted by Crippen LogP contribution is 2.26. The van der Waals surface area contributed by atoms with Crippen molar-refractivity contribution in [2.75, 3.05) is 13.2 Å². The van der Waals surface area contributed by atoms with Crippen molar-refractivity contribution in [1.29, 1.82) is 0 Å². The Morgan fingerprint density at radius 1 is 0.533 bits per heavy atom. The molecule has 1 saturated heterocycles. The van der Waals surface area contributed by atoms with Crippen LogP contribution in [0.2, 0.25) is 0 Å². The number of aliphatic hydroxyl groups is 5. The molecule has 0 spiro atoms. The molecular formula is C64H113NO10. The maximum atomic E-state index is 13.3. The van der Waals surface area contributed by atoms with Crippen LogP contribution in [0.5, 0.6) is 0 Å². The molecule has 0 bridgehead atoms. The number of unbranched alkanes of at least 4 members (excludes halogenated alkanes) is 30. The molecule has 0 aromatic heterocycles. The largest absolute Gasteiger partial charge is 0.454 e. The van der Waals surface area contributed by atoms with Gasteiger partial charge in [0.1, 0.15) is 24.4 Å². The second-order valence-electron chi connectivity index (χ2n) is 21.1. The standard InChI is InChI=1S/C64H113NO10/c1-4-7-10-13-16-19-22-24-25-26-27-28-29-30-31-32-33-34-37-40-43-46-49-52-59(69)75-62-61(71)60(70)58(53-66)74-64(62)73-54-55(56(67)50-47-44-41-38-35-21-18-15-12-9-6-3)65-63(72)57(68)51-48-45-42-39-36-23-20-17-14-11-8-5-2/h8,11,14,17,20,23-25,36,39,47,50,55-58,60-62,64,66-68,70-71H,4-7,9-10,12-13,15-16,18-19,21-22,26-35,37-38,40-46,48-49,51-54H2,1-3H3,(H,65,72)/b11-8+,17-14+,23-20-,25-24+,39-36-,50-47+. The first-order chi connectivity index (χ1) is 36.7. The summed E-state index contributed by atoms with van der Waals surface area (Å²) in [4.78, 5) is 26.5. The van der Waals surface area contributed by atoms with E-state index >= 15 is 0 Å². The average Bonchev–Trinajstić information content (AvgIpc) is 3.41. The van der Waals surface area contributed by atoms with Gasteiger partial charge in [0.25, 0.3) is 0 Å². The molecule has 0 aromatic carbocycles. The van der Waals surface area contributed by atoms with Gasteiger partial charge in [-0.3, -0.25) is 9.59 Å². The maximum Gasteiger partial charge on any atom is 0.306 e. The van der Waals surface area contributed by atoms with Crippen molar-refractivity contribution >= 4 is 11.9 Å². The predicted molar refractivity (Wildman–Crippen MR) is 310 cm³/mol. The second-order valence-corrected chi connectivity index (χ2v) is 21.1. The lowest BCUT2D eigenvalue weighted by molar-refractivity contribution is -0.305. The summed E-state index contributed by atoms with van der Waals surface area (Å²) in [6.45, 7) is 5.60. The summed E-state index contributed by atoms with van der Waals surface area (Å²) in [5.74, 6) is -1.24. The molecule has 1 rings (SSSR count). The van der Waals surface area contributed by atoms with E-state index in [1.54, 1.807) is 6.08 Å². The van der Waals surface area contributed by atoms with Crippen molar-refractivity contribution in [3.05, 3.63) is 72.9 Å². The number of aliphatic hydroxyl groups excluding tert-OH is 5. The Balaban J connectivity index is 2.62. The van der Waals surface area contributed by atoms with Gasteiger partial charge in [-0.25, -0.2) is 0 Å². The zero-order chi connectivity index (χ0) is 54.7. The molecule has 8 atom stereocenters. The van der Waals surface area contributed by atoms with Crippen molar-refractivity contribution in [3.63, 3.8) is 0 Å². The number of carbonyl (C=O) groups excluding carboxylic acids is 2. The lowest BCUT2D eigenvalue weighted by atomic mass is 9.99. The van der Waals surface area contributed by atoms with Crippen LogP contribution in [0.25, 0.3) is 0 Å². The van der Waals surface area contributed by atoms with Crippen LogP contribution < -0.4 is 5.32 Å². The van der Waals surface area contributed by atoms with E-state index in [2.05, 4.69) is 44.3 Å². The fourth-order valence-corrected chi connectivity index (χ4v) is 9.30. The summed E-state index contributed by atoms with van der Waals surface area (Å²) in [6.07, 6.45) is 55.4. The molecule has 11 heteroatoms. The number of amides is 1. The van der Waals surface area contributed by atoms with Crippen LogP contribution in [0.3, 0.4) is 0 Å². The molecule has 1 amide bonds. The van der Waals surface area contributed by atoms with Crippen LogP contribution >= 0.6 is 0 Å². The van der Waals surface area contributed by atoms with Crippen LogP contribution in [-0.4, -0.2) is 99.6 Å². The molecule has 1 heterocycles. The number of allylic oxidation sites excluding steroid dienone is 11. The minimum absolute atomic E-state index is 0.117. The zero-order valence-electron chi connectivity index (χ0n) is 47.9. The van der Waals surface area contributed by atoms with E-state index in [9.17, 15) is 35.1 Å². The van der Waals surface area contributed by atoms with Crippen molar-refractivity contribution in [2.45, 2.75) is 307 Å². The molecule has 8 unspecified atom stereocenters. The topological polar surface area (TPSA) is 175 Å². The van der Waals surface area contributed by atoms with Gasteiger partial charge in [0.15, 0.2) is 12.4 Å². The van der Waals surface area contributed by atoms with E-state index in [-0.39, 0.29) is 19.4 Å². The van der Waals surface area contributed by atoms with Crippen molar-refractivity contribution in [1.82, 2.24) is 5.32 Å². The summed E-state index contributed by atoms with van der Waals surface area (Å²) >= 11 is 0. The number of nitrogens with one attached hydrogen (secondary N) is 1. The van der Waals surface area contributed by atoms with Crippen LogP contribution in [0.4, 0.5) is 0 Å². The van der Waals surface area contributed by atoms with E-state index < -0.39 is 67.4 Å². The normalized spacial score (nSPS) is 19.7. The Morgan fingerprint density at radius 3 is 1.48 bits per heavy atom. The first-order valence-electron chi connectivity index (χ1n) is 30.8. The Morgan fingerprint density at radius 2 is 0.973 bits per heavy atom. The van der Waals surface area contributed by atoms with Crippen molar-refractivity contribution in [3.8, 4) is 0 Å². The first kappa shape index (κ1) is 70.1. The van der Waals surface area contributed by atoms with E-state index in [0.29, 0.717) is 12.8 Å². The number of rotatable bonds is 51. The van der Waals surface area contributed by atoms with E-state index in [4.69, 9.17) is 14.2 Å². The number of carbonyl (C=O) groups is 2. The van der Waals surface area contributed by atoms with Gasteiger partial charge in [-0.05, 0) is 70.6 Å². The molecule has 1 aliphatic heterocycles.